The molecule has 0 atom stereocenters. The molecule has 0 radical (unpaired) electrons. The molecular weight excluding hydrogens is 330 g/mol. The van der Waals surface area contributed by atoms with Gasteiger partial charge in [0.1, 0.15) is 4.60 Å². The Balaban J connectivity index is 1.55. The monoisotopic (exact) mass is 351 g/mol. The summed E-state index contributed by atoms with van der Waals surface area (Å²) in [5.41, 5.74) is 0.689. The molecule has 5 heteroatoms. The lowest BCUT2D eigenvalue weighted by Crippen LogP contribution is -2.48. The number of nitrogens with zero attached hydrogens (tertiary/aromatic N) is 3. The predicted octanol–water partition coefficient (Wildman–Crippen LogP) is 2.93. The Kier molecular flexibility index (Phi) is 4.91. The van der Waals surface area contributed by atoms with Crippen LogP contribution in [-0.2, 0) is 0 Å². The minimum atomic E-state index is 0.118. The van der Waals surface area contributed by atoms with Gasteiger partial charge in [0.25, 0.3) is 5.91 Å². The molecule has 2 aliphatic heterocycles. The Morgan fingerprint density at radius 2 is 1.81 bits per heavy atom. The number of halogens is 1. The number of likely N-dealkylation sites (tertiary alicyclic amines) is 2. The molecule has 2 aliphatic rings. The molecule has 3 heterocycles. The van der Waals surface area contributed by atoms with E-state index in [9.17, 15) is 4.79 Å². The molecule has 0 unspecified atom stereocenters. The van der Waals surface area contributed by atoms with Crippen LogP contribution >= 0.6 is 15.9 Å². The molecule has 0 aliphatic carbocycles. The molecule has 2 saturated heterocycles. The average molecular weight is 352 g/mol. The highest BCUT2D eigenvalue weighted by Crippen LogP contribution is 2.22. The Hall–Kier alpha value is -0.940. The van der Waals surface area contributed by atoms with Crippen molar-refractivity contribution in [3.05, 3.63) is 28.5 Å². The molecule has 0 spiro atoms. The van der Waals surface area contributed by atoms with E-state index < -0.39 is 0 Å². The molecular formula is C16H22BrN3O. The van der Waals surface area contributed by atoms with Crippen LogP contribution in [0, 0.1) is 0 Å². The van der Waals surface area contributed by atoms with Crippen LogP contribution < -0.4 is 0 Å². The lowest BCUT2D eigenvalue weighted by molar-refractivity contribution is 0.0589. The van der Waals surface area contributed by atoms with Crippen LogP contribution in [0.2, 0.25) is 0 Å². The van der Waals surface area contributed by atoms with Crippen molar-refractivity contribution in [2.45, 2.75) is 38.1 Å². The molecule has 0 N–H and O–H groups in total. The summed E-state index contributed by atoms with van der Waals surface area (Å²) in [6.07, 6.45) is 7.92. The third-order valence-corrected chi connectivity index (χ3v) is 5.10. The smallest absolute Gasteiger partial charge is 0.255 e. The highest BCUT2D eigenvalue weighted by atomic mass is 79.9. The highest BCUT2D eigenvalue weighted by molar-refractivity contribution is 9.10. The van der Waals surface area contributed by atoms with E-state index in [1.54, 1.807) is 6.20 Å². The van der Waals surface area contributed by atoms with Gasteiger partial charge < -0.3 is 9.80 Å². The first-order valence-electron chi connectivity index (χ1n) is 7.89. The third-order valence-electron chi connectivity index (χ3n) is 4.63. The van der Waals surface area contributed by atoms with Gasteiger partial charge >= 0.3 is 0 Å². The summed E-state index contributed by atoms with van der Waals surface area (Å²) in [4.78, 5) is 21.2. The van der Waals surface area contributed by atoms with E-state index in [2.05, 4.69) is 25.8 Å². The summed E-state index contributed by atoms with van der Waals surface area (Å²) in [7, 11) is 0. The largest absolute Gasteiger partial charge is 0.338 e. The van der Waals surface area contributed by atoms with Gasteiger partial charge in [-0.1, -0.05) is 6.42 Å². The molecule has 1 aromatic heterocycles. The number of hydrogen-bond donors (Lipinski definition) is 0. The van der Waals surface area contributed by atoms with E-state index >= 15 is 0 Å². The van der Waals surface area contributed by atoms with Crippen molar-refractivity contribution in [1.82, 2.24) is 14.8 Å². The fourth-order valence-corrected chi connectivity index (χ4v) is 3.64. The zero-order valence-corrected chi connectivity index (χ0v) is 13.9. The Morgan fingerprint density at radius 3 is 2.43 bits per heavy atom. The fourth-order valence-electron chi connectivity index (χ4n) is 3.40. The quantitative estimate of drug-likeness (QED) is 0.768. The summed E-state index contributed by atoms with van der Waals surface area (Å²) in [5, 5.41) is 0. The Bertz CT molecular complexity index is 477. The van der Waals surface area contributed by atoms with Crippen LogP contribution in [-0.4, -0.2) is 52.9 Å². The SMILES string of the molecule is O=C(c1ccc(Br)nc1)N1CCC(N2CCCCC2)CC1. The van der Waals surface area contributed by atoms with Crippen molar-refractivity contribution in [1.29, 1.82) is 0 Å². The van der Waals surface area contributed by atoms with Crippen LogP contribution in [0.3, 0.4) is 0 Å². The van der Waals surface area contributed by atoms with Crippen molar-refractivity contribution in [2.75, 3.05) is 26.2 Å². The molecule has 1 amide bonds. The molecule has 0 saturated carbocycles. The number of amides is 1. The molecule has 3 rings (SSSR count). The van der Waals surface area contributed by atoms with E-state index in [4.69, 9.17) is 0 Å². The number of carbonyl (C=O) groups is 1. The summed E-state index contributed by atoms with van der Waals surface area (Å²) < 4.78 is 0.767. The molecule has 2 fully saturated rings. The second kappa shape index (κ2) is 6.88. The van der Waals surface area contributed by atoms with E-state index in [0.717, 1.165) is 30.5 Å². The zero-order chi connectivity index (χ0) is 14.7. The minimum absolute atomic E-state index is 0.118. The fraction of sp³-hybridized carbons (Fsp3) is 0.625. The minimum Gasteiger partial charge on any atom is -0.338 e. The average Bonchev–Trinajstić information content (AvgIpc) is 2.56. The van der Waals surface area contributed by atoms with Gasteiger partial charge in [-0.3, -0.25) is 4.79 Å². The standard InChI is InChI=1S/C16H22BrN3O/c17-15-5-4-13(12-18-15)16(21)20-10-6-14(7-11-20)19-8-2-1-3-9-19/h4-5,12,14H,1-3,6-11H2. The van der Waals surface area contributed by atoms with Gasteiger partial charge in [-0.2, -0.15) is 0 Å². The van der Waals surface area contributed by atoms with Gasteiger partial charge in [0.05, 0.1) is 5.56 Å². The van der Waals surface area contributed by atoms with E-state index in [1.165, 1.54) is 32.4 Å². The lowest BCUT2D eigenvalue weighted by atomic mass is 9.99. The van der Waals surface area contributed by atoms with Gasteiger partial charge in [-0.15, -0.1) is 0 Å². The Morgan fingerprint density at radius 1 is 1.10 bits per heavy atom. The van der Waals surface area contributed by atoms with Crippen LogP contribution in [0.15, 0.2) is 22.9 Å². The molecule has 0 bridgehead atoms. The molecule has 21 heavy (non-hydrogen) atoms. The number of rotatable bonds is 2. The number of hydrogen-bond acceptors (Lipinski definition) is 3. The van der Waals surface area contributed by atoms with Gasteiger partial charge in [-0.05, 0) is 66.8 Å². The van der Waals surface area contributed by atoms with Crippen molar-refractivity contribution >= 4 is 21.8 Å². The maximum Gasteiger partial charge on any atom is 0.255 e. The van der Waals surface area contributed by atoms with Gasteiger partial charge in [0.2, 0.25) is 0 Å². The highest BCUT2D eigenvalue weighted by Gasteiger charge is 2.28. The van der Waals surface area contributed by atoms with E-state index in [-0.39, 0.29) is 5.91 Å². The molecule has 4 nitrogen and oxygen atoms in total. The van der Waals surface area contributed by atoms with Gasteiger partial charge in [0.15, 0.2) is 0 Å². The van der Waals surface area contributed by atoms with Crippen molar-refractivity contribution < 1.29 is 4.79 Å². The van der Waals surface area contributed by atoms with Crippen LogP contribution in [0.4, 0.5) is 0 Å². The maximum absolute atomic E-state index is 12.5. The summed E-state index contributed by atoms with van der Waals surface area (Å²) in [6.45, 7) is 4.23. The second-order valence-corrected chi connectivity index (χ2v) is 6.80. The van der Waals surface area contributed by atoms with Crippen molar-refractivity contribution in [3.8, 4) is 0 Å². The Labute approximate surface area is 134 Å². The summed E-state index contributed by atoms with van der Waals surface area (Å²) >= 11 is 3.30. The van der Waals surface area contributed by atoms with Crippen molar-refractivity contribution in [3.63, 3.8) is 0 Å². The number of piperidine rings is 2. The number of carbonyl (C=O) groups excluding carboxylic acids is 1. The topological polar surface area (TPSA) is 36.4 Å². The third kappa shape index (κ3) is 3.64. The number of aromatic nitrogens is 1. The molecule has 114 valence electrons. The maximum atomic E-state index is 12.5. The number of pyridine rings is 1. The van der Waals surface area contributed by atoms with Crippen LogP contribution in [0.1, 0.15) is 42.5 Å². The molecule has 0 aromatic carbocycles. The first-order chi connectivity index (χ1) is 10.2. The summed E-state index contributed by atoms with van der Waals surface area (Å²) in [5.74, 6) is 0.118. The first-order valence-corrected chi connectivity index (χ1v) is 8.68. The van der Waals surface area contributed by atoms with Crippen molar-refractivity contribution in [2.24, 2.45) is 0 Å². The predicted molar refractivity (Wildman–Crippen MR) is 86.3 cm³/mol. The lowest BCUT2D eigenvalue weighted by Gasteiger charge is -2.40. The first kappa shape index (κ1) is 15.0. The molecule has 1 aromatic rings. The van der Waals surface area contributed by atoms with Crippen LogP contribution in [0.5, 0.6) is 0 Å². The second-order valence-electron chi connectivity index (χ2n) is 5.99. The van der Waals surface area contributed by atoms with E-state index in [0.29, 0.717) is 11.6 Å². The van der Waals surface area contributed by atoms with Crippen LogP contribution in [0.25, 0.3) is 0 Å². The summed E-state index contributed by atoms with van der Waals surface area (Å²) in [6, 6.07) is 4.35. The normalized spacial score (nSPS) is 21.5. The van der Waals surface area contributed by atoms with Gasteiger partial charge in [-0.25, -0.2) is 4.98 Å². The van der Waals surface area contributed by atoms with E-state index in [1.807, 2.05) is 17.0 Å². The zero-order valence-electron chi connectivity index (χ0n) is 12.3. The van der Waals surface area contributed by atoms with Gasteiger partial charge in [0, 0.05) is 25.3 Å².